The highest BCUT2D eigenvalue weighted by atomic mass is 19.3. The van der Waals surface area contributed by atoms with Crippen LogP contribution in [0.15, 0.2) is 42.5 Å². The quantitative estimate of drug-likeness (QED) is 0.507. The van der Waals surface area contributed by atoms with E-state index in [2.05, 4.69) is 10.1 Å². The Morgan fingerprint density at radius 1 is 1.03 bits per heavy atom. The van der Waals surface area contributed by atoms with Crippen LogP contribution in [0.3, 0.4) is 0 Å². The van der Waals surface area contributed by atoms with E-state index < -0.39 is 37.5 Å². The first-order valence-corrected chi connectivity index (χ1v) is 9.67. The second-order valence-corrected chi connectivity index (χ2v) is 6.69. The van der Waals surface area contributed by atoms with Crippen molar-refractivity contribution in [3.63, 3.8) is 0 Å². The smallest absolute Gasteiger partial charge is 0.387 e. The van der Waals surface area contributed by atoms with Crippen molar-refractivity contribution >= 4 is 17.8 Å². The number of rotatable bonds is 11. The largest absolute Gasteiger partial charge is 0.493 e. The zero-order valence-electron chi connectivity index (χ0n) is 18.3. The van der Waals surface area contributed by atoms with Crippen molar-refractivity contribution in [2.24, 2.45) is 0 Å². The van der Waals surface area contributed by atoms with Crippen LogP contribution >= 0.6 is 0 Å². The molecule has 0 heterocycles. The molecule has 0 spiro atoms. The highest BCUT2D eigenvalue weighted by molar-refractivity contribution is 5.96. The van der Waals surface area contributed by atoms with E-state index in [4.69, 9.17) is 14.2 Å². The van der Waals surface area contributed by atoms with Gasteiger partial charge in [0.15, 0.2) is 18.1 Å². The molecule has 0 aliphatic rings. The number of carbonyl (C=O) groups is 3. The fourth-order valence-electron chi connectivity index (χ4n) is 2.71. The molecule has 0 aliphatic carbocycles. The van der Waals surface area contributed by atoms with Crippen LogP contribution in [0, 0.1) is 0 Å². The van der Waals surface area contributed by atoms with E-state index in [0.717, 1.165) is 11.6 Å². The maximum Gasteiger partial charge on any atom is 0.387 e. The minimum atomic E-state index is -3.03. The number of hydrogen-bond acceptors (Lipinski definition) is 7. The summed E-state index contributed by atoms with van der Waals surface area (Å²) in [5.41, 5.74) is 0.798. The maximum atomic E-state index is 12.3. The number of esters is 1. The fraction of sp³-hybridized carbons (Fsp3) is 0.318. The highest BCUT2D eigenvalue weighted by Gasteiger charge is 2.15. The fourth-order valence-corrected chi connectivity index (χ4v) is 2.71. The van der Waals surface area contributed by atoms with E-state index in [1.807, 2.05) is 0 Å². The maximum absolute atomic E-state index is 12.3. The van der Waals surface area contributed by atoms with E-state index in [0.29, 0.717) is 11.5 Å². The number of nitrogens with zero attached hydrogens (tertiary/aromatic N) is 1. The van der Waals surface area contributed by atoms with Crippen molar-refractivity contribution in [1.29, 1.82) is 0 Å². The Morgan fingerprint density at radius 2 is 1.76 bits per heavy atom. The van der Waals surface area contributed by atoms with E-state index in [-0.39, 0.29) is 17.9 Å². The molecule has 2 amide bonds. The monoisotopic (exact) mass is 466 g/mol. The van der Waals surface area contributed by atoms with Crippen molar-refractivity contribution < 1.29 is 42.1 Å². The number of benzene rings is 2. The standard InChI is InChI=1S/C22H24F2N2O7/c1-26(12-14-7-8-17(30-2)18(9-14)31-3)19(27)13-32-20(28)11-25-21(29)15-5-4-6-16(10-15)33-22(23)24/h4-10,22H,11-13H2,1-3H3,(H,25,29). The van der Waals surface area contributed by atoms with E-state index >= 15 is 0 Å². The second-order valence-electron chi connectivity index (χ2n) is 6.69. The summed E-state index contributed by atoms with van der Waals surface area (Å²) >= 11 is 0. The lowest BCUT2D eigenvalue weighted by atomic mass is 10.2. The number of likely N-dealkylation sites (N-methyl/N-ethyl adjacent to an activating group) is 1. The first-order chi connectivity index (χ1) is 15.7. The average molecular weight is 466 g/mol. The molecule has 0 atom stereocenters. The lowest BCUT2D eigenvalue weighted by Crippen LogP contribution is -2.34. The molecule has 0 bridgehead atoms. The molecule has 0 aliphatic heterocycles. The zero-order valence-corrected chi connectivity index (χ0v) is 18.3. The van der Waals surface area contributed by atoms with Gasteiger partial charge in [0.05, 0.1) is 14.2 Å². The number of ether oxygens (including phenoxy) is 4. The third-order valence-electron chi connectivity index (χ3n) is 4.36. The summed E-state index contributed by atoms with van der Waals surface area (Å²) in [6, 6.07) is 10.3. The average Bonchev–Trinajstić information content (AvgIpc) is 2.80. The Kier molecular flexibility index (Phi) is 9.40. The van der Waals surface area contributed by atoms with Gasteiger partial charge in [0.25, 0.3) is 11.8 Å². The van der Waals surface area contributed by atoms with Gasteiger partial charge in [0, 0.05) is 19.2 Å². The summed E-state index contributed by atoms with van der Waals surface area (Å²) in [5.74, 6) is -1.10. The molecule has 1 N–H and O–H groups in total. The molecule has 11 heteroatoms. The molecule has 0 aromatic heterocycles. The lowest BCUT2D eigenvalue weighted by molar-refractivity contribution is -0.150. The molecule has 0 unspecified atom stereocenters. The zero-order chi connectivity index (χ0) is 24.4. The topological polar surface area (TPSA) is 103 Å². The van der Waals surface area contributed by atoms with Gasteiger partial charge in [-0.2, -0.15) is 8.78 Å². The Labute approximate surface area is 189 Å². The Morgan fingerprint density at radius 3 is 2.42 bits per heavy atom. The van der Waals surface area contributed by atoms with Gasteiger partial charge < -0.3 is 29.2 Å². The van der Waals surface area contributed by atoms with Gasteiger partial charge in [-0.3, -0.25) is 14.4 Å². The molecule has 2 rings (SSSR count). The molecule has 0 radical (unpaired) electrons. The number of halogens is 2. The third-order valence-corrected chi connectivity index (χ3v) is 4.36. The minimum Gasteiger partial charge on any atom is -0.493 e. The van der Waals surface area contributed by atoms with Gasteiger partial charge in [-0.15, -0.1) is 0 Å². The van der Waals surface area contributed by atoms with Gasteiger partial charge in [-0.25, -0.2) is 0 Å². The van der Waals surface area contributed by atoms with Crippen LogP contribution in [-0.4, -0.2) is 63.7 Å². The molecular weight excluding hydrogens is 442 g/mol. The van der Waals surface area contributed by atoms with Crippen molar-refractivity contribution in [1.82, 2.24) is 10.2 Å². The number of carbonyl (C=O) groups excluding carboxylic acids is 3. The number of hydrogen-bond donors (Lipinski definition) is 1. The van der Waals surface area contributed by atoms with Crippen LogP contribution in [-0.2, 0) is 20.9 Å². The molecule has 9 nitrogen and oxygen atoms in total. The Hall–Kier alpha value is -3.89. The summed E-state index contributed by atoms with van der Waals surface area (Å²) in [4.78, 5) is 37.6. The normalized spacial score (nSPS) is 10.4. The number of nitrogens with one attached hydrogen (secondary N) is 1. The predicted molar refractivity (Wildman–Crippen MR) is 112 cm³/mol. The summed E-state index contributed by atoms with van der Waals surface area (Å²) in [7, 11) is 4.56. The van der Waals surface area contributed by atoms with Crippen LogP contribution in [0.2, 0.25) is 0 Å². The van der Waals surface area contributed by atoms with E-state index in [9.17, 15) is 23.2 Å². The van der Waals surface area contributed by atoms with Crippen molar-refractivity contribution in [2.45, 2.75) is 13.2 Å². The van der Waals surface area contributed by atoms with Crippen LogP contribution in [0.25, 0.3) is 0 Å². The Bertz CT molecular complexity index is 985. The first kappa shape index (κ1) is 25.4. The second kappa shape index (κ2) is 12.2. The number of methoxy groups -OCH3 is 2. The summed E-state index contributed by atoms with van der Waals surface area (Å²) in [6.45, 7) is -3.81. The van der Waals surface area contributed by atoms with Crippen LogP contribution in [0.5, 0.6) is 17.2 Å². The van der Waals surface area contributed by atoms with Crippen molar-refractivity contribution in [3.05, 3.63) is 53.6 Å². The van der Waals surface area contributed by atoms with Gasteiger partial charge >= 0.3 is 12.6 Å². The molecule has 0 saturated heterocycles. The predicted octanol–water partition coefficient (Wildman–Crippen LogP) is 2.24. The number of alkyl halides is 2. The molecule has 178 valence electrons. The third kappa shape index (κ3) is 7.95. The van der Waals surface area contributed by atoms with Gasteiger partial charge in [-0.05, 0) is 35.9 Å². The van der Waals surface area contributed by atoms with Crippen LogP contribution in [0.1, 0.15) is 15.9 Å². The molecule has 0 saturated carbocycles. The van der Waals surface area contributed by atoms with Crippen molar-refractivity contribution in [3.8, 4) is 17.2 Å². The SMILES string of the molecule is COc1ccc(CN(C)C(=O)COC(=O)CNC(=O)c2cccc(OC(F)F)c2)cc1OC. The van der Waals surface area contributed by atoms with Crippen molar-refractivity contribution in [2.75, 3.05) is 34.4 Å². The van der Waals surface area contributed by atoms with E-state index in [1.54, 1.807) is 25.2 Å². The molecule has 2 aromatic carbocycles. The van der Waals surface area contributed by atoms with E-state index in [1.165, 1.54) is 37.3 Å². The summed E-state index contributed by atoms with van der Waals surface area (Å²) in [6.07, 6.45) is 0. The van der Waals surface area contributed by atoms with Gasteiger partial charge in [0.2, 0.25) is 0 Å². The number of amides is 2. The van der Waals surface area contributed by atoms with Crippen LogP contribution in [0.4, 0.5) is 8.78 Å². The van der Waals surface area contributed by atoms with Gasteiger partial charge in [-0.1, -0.05) is 12.1 Å². The lowest BCUT2D eigenvalue weighted by Gasteiger charge is -2.18. The molecule has 33 heavy (non-hydrogen) atoms. The molecular formula is C22H24F2N2O7. The molecule has 2 aromatic rings. The Balaban J connectivity index is 1.79. The first-order valence-electron chi connectivity index (χ1n) is 9.67. The van der Waals surface area contributed by atoms with Crippen LogP contribution < -0.4 is 19.5 Å². The minimum absolute atomic E-state index is 0.0201. The highest BCUT2D eigenvalue weighted by Crippen LogP contribution is 2.27. The molecule has 0 fully saturated rings. The summed E-state index contributed by atoms with van der Waals surface area (Å²) < 4.78 is 44.1. The summed E-state index contributed by atoms with van der Waals surface area (Å²) in [5, 5.41) is 2.29. The van der Waals surface area contributed by atoms with Gasteiger partial charge in [0.1, 0.15) is 12.3 Å².